The summed E-state index contributed by atoms with van der Waals surface area (Å²) < 4.78 is 0. The van der Waals surface area contributed by atoms with E-state index in [4.69, 9.17) is 11.6 Å². The number of hydrogen-bond acceptors (Lipinski definition) is 2. The number of rotatable bonds is 5. The topological polar surface area (TPSA) is 24.9 Å². The van der Waals surface area contributed by atoms with Gasteiger partial charge in [-0.05, 0) is 54.8 Å². The molecule has 1 aromatic carbocycles. The van der Waals surface area contributed by atoms with Crippen LogP contribution in [-0.4, -0.2) is 11.5 Å². The molecule has 1 atom stereocenters. The Morgan fingerprint density at radius 2 is 2.16 bits per heavy atom. The van der Waals surface area contributed by atoms with Gasteiger partial charge < -0.3 is 5.32 Å². The lowest BCUT2D eigenvalue weighted by Gasteiger charge is -2.20. The third-order valence-corrected chi connectivity index (χ3v) is 3.46. The maximum absolute atomic E-state index is 6.12. The van der Waals surface area contributed by atoms with Crippen molar-refractivity contribution < 1.29 is 0 Å². The highest BCUT2D eigenvalue weighted by Gasteiger charge is 2.14. The molecule has 2 rings (SSSR count). The molecule has 0 aliphatic rings. The molecular formula is C16H19ClN2. The highest BCUT2D eigenvalue weighted by molar-refractivity contribution is 6.30. The van der Waals surface area contributed by atoms with Crippen molar-refractivity contribution in [3.8, 4) is 0 Å². The van der Waals surface area contributed by atoms with E-state index in [9.17, 15) is 0 Å². The smallest absolute Gasteiger partial charge is 0.0409 e. The normalized spacial score (nSPS) is 12.4. The fraction of sp³-hybridized carbons (Fsp3) is 0.312. The zero-order chi connectivity index (χ0) is 13.7. The summed E-state index contributed by atoms with van der Waals surface area (Å²) in [5, 5.41) is 4.32. The number of halogens is 1. The first-order valence-corrected chi connectivity index (χ1v) is 6.97. The van der Waals surface area contributed by atoms with E-state index in [1.54, 1.807) is 6.20 Å². The van der Waals surface area contributed by atoms with Crippen molar-refractivity contribution in [1.29, 1.82) is 0 Å². The number of aromatic nitrogens is 1. The van der Waals surface area contributed by atoms with E-state index in [1.807, 2.05) is 18.3 Å². The summed E-state index contributed by atoms with van der Waals surface area (Å²) in [5.41, 5.74) is 3.75. The largest absolute Gasteiger partial charge is 0.310 e. The molecule has 0 spiro atoms. The van der Waals surface area contributed by atoms with Crippen LogP contribution in [0, 0.1) is 6.92 Å². The minimum atomic E-state index is 0.271. The van der Waals surface area contributed by atoms with Gasteiger partial charge in [0.1, 0.15) is 0 Å². The minimum Gasteiger partial charge on any atom is -0.310 e. The Balaban J connectivity index is 2.27. The molecule has 0 bridgehead atoms. The molecule has 1 heterocycles. The van der Waals surface area contributed by atoms with Crippen LogP contribution in [0.4, 0.5) is 0 Å². The Bertz CT molecular complexity index is 526. The van der Waals surface area contributed by atoms with Crippen LogP contribution in [0.15, 0.2) is 42.7 Å². The Labute approximate surface area is 119 Å². The second-order valence-electron chi connectivity index (χ2n) is 4.68. The van der Waals surface area contributed by atoms with Crippen LogP contribution in [0.3, 0.4) is 0 Å². The summed E-state index contributed by atoms with van der Waals surface area (Å²) in [4.78, 5) is 4.18. The molecular weight excluding hydrogens is 256 g/mol. The van der Waals surface area contributed by atoms with Crippen LogP contribution in [0.25, 0.3) is 0 Å². The SMILES string of the molecule is CCNC(Cc1cccnc1)c1cc(Cl)ccc1C. The monoisotopic (exact) mass is 274 g/mol. The minimum absolute atomic E-state index is 0.271. The fourth-order valence-corrected chi connectivity index (χ4v) is 2.46. The van der Waals surface area contributed by atoms with Gasteiger partial charge in [-0.25, -0.2) is 0 Å². The molecule has 2 nitrogen and oxygen atoms in total. The lowest BCUT2D eigenvalue weighted by Crippen LogP contribution is -2.23. The van der Waals surface area contributed by atoms with E-state index in [2.05, 4.69) is 42.3 Å². The number of nitrogens with one attached hydrogen (secondary N) is 1. The van der Waals surface area contributed by atoms with E-state index < -0.39 is 0 Å². The van der Waals surface area contributed by atoms with Gasteiger partial charge in [0, 0.05) is 23.5 Å². The second kappa shape index (κ2) is 6.69. The molecule has 0 radical (unpaired) electrons. The van der Waals surface area contributed by atoms with E-state index in [1.165, 1.54) is 16.7 Å². The maximum Gasteiger partial charge on any atom is 0.0409 e. The van der Waals surface area contributed by atoms with Gasteiger partial charge in [0.25, 0.3) is 0 Å². The fourth-order valence-electron chi connectivity index (χ4n) is 2.28. The Morgan fingerprint density at radius 1 is 1.32 bits per heavy atom. The number of hydrogen-bond donors (Lipinski definition) is 1. The third-order valence-electron chi connectivity index (χ3n) is 3.23. The van der Waals surface area contributed by atoms with Crippen LogP contribution in [0.2, 0.25) is 5.02 Å². The van der Waals surface area contributed by atoms with Crippen molar-refractivity contribution in [3.05, 3.63) is 64.4 Å². The molecule has 0 saturated heterocycles. The average Bonchev–Trinajstić information content (AvgIpc) is 2.42. The van der Waals surface area contributed by atoms with E-state index in [0.29, 0.717) is 0 Å². The number of aryl methyl sites for hydroxylation is 1. The van der Waals surface area contributed by atoms with Gasteiger partial charge in [-0.1, -0.05) is 30.7 Å². The van der Waals surface area contributed by atoms with Crippen LogP contribution in [0.1, 0.15) is 29.7 Å². The molecule has 1 aromatic heterocycles. The van der Waals surface area contributed by atoms with Gasteiger partial charge in [0.05, 0.1) is 0 Å². The Hall–Kier alpha value is -1.38. The summed E-state index contributed by atoms with van der Waals surface area (Å²) in [7, 11) is 0. The molecule has 1 N–H and O–H groups in total. The summed E-state index contributed by atoms with van der Waals surface area (Å²) >= 11 is 6.12. The number of likely N-dealkylation sites (N-methyl/N-ethyl adjacent to an activating group) is 1. The Morgan fingerprint density at radius 3 is 2.84 bits per heavy atom. The van der Waals surface area contributed by atoms with E-state index in [-0.39, 0.29) is 6.04 Å². The van der Waals surface area contributed by atoms with Gasteiger partial charge in [-0.3, -0.25) is 4.98 Å². The first-order valence-electron chi connectivity index (χ1n) is 6.59. The summed E-state index contributed by atoms with van der Waals surface area (Å²) in [6, 6.07) is 10.4. The first kappa shape index (κ1) is 14.0. The molecule has 0 fully saturated rings. The zero-order valence-corrected chi connectivity index (χ0v) is 12.1. The van der Waals surface area contributed by atoms with Crippen molar-refractivity contribution in [2.45, 2.75) is 26.3 Å². The van der Waals surface area contributed by atoms with Gasteiger partial charge in [0.15, 0.2) is 0 Å². The quantitative estimate of drug-likeness (QED) is 0.893. The van der Waals surface area contributed by atoms with Crippen molar-refractivity contribution in [2.75, 3.05) is 6.54 Å². The average molecular weight is 275 g/mol. The number of benzene rings is 1. The lowest BCUT2D eigenvalue weighted by molar-refractivity contribution is 0.547. The van der Waals surface area contributed by atoms with Crippen molar-refractivity contribution >= 4 is 11.6 Å². The number of pyridine rings is 1. The molecule has 0 aliphatic carbocycles. The van der Waals surface area contributed by atoms with Gasteiger partial charge >= 0.3 is 0 Å². The van der Waals surface area contributed by atoms with Crippen LogP contribution < -0.4 is 5.32 Å². The van der Waals surface area contributed by atoms with Crippen LogP contribution >= 0.6 is 11.6 Å². The van der Waals surface area contributed by atoms with Crippen molar-refractivity contribution in [3.63, 3.8) is 0 Å². The third kappa shape index (κ3) is 3.79. The lowest BCUT2D eigenvalue weighted by atomic mass is 9.96. The van der Waals surface area contributed by atoms with Crippen molar-refractivity contribution in [1.82, 2.24) is 10.3 Å². The molecule has 0 aliphatic heterocycles. The molecule has 0 amide bonds. The highest BCUT2D eigenvalue weighted by Crippen LogP contribution is 2.24. The van der Waals surface area contributed by atoms with Crippen LogP contribution in [0.5, 0.6) is 0 Å². The summed E-state index contributed by atoms with van der Waals surface area (Å²) in [6.45, 7) is 5.17. The maximum atomic E-state index is 6.12. The molecule has 0 saturated carbocycles. The van der Waals surface area contributed by atoms with E-state index in [0.717, 1.165) is 18.0 Å². The predicted molar refractivity (Wildman–Crippen MR) is 80.5 cm³/mol. The molecule has 1 unspecified atom stereocenters. The standard InChI is InChI=1S/C16H19ClN2/c1-3-19-16(9-13-5-4-8-18-11-13)15-10-14(17)7-6-12(15)2/h4-8,10-11,16,19H,3,9H2,1-2H3. The molecule has 19 heavy (non-hydrogen) atoms. The summed E-state index contributed by atoms with van der Waals surface area (Å²) in [6.07, 6.45) is 4.64. The predicted octanol–water partition coefficient (Wildman–Crippen LogP) is 3.94. The van der Waals surface area contributed by atoms with Gasteiger partial charge in [0.2, 0.25) is 0 Å². The summed E-state index contributed by atoms with van der Waals surface area (Å²) in [5.74, 6) is 0. The first-order chi connectivity index (χ1) is 9.20. The van der Waals surface area contributed by atoms with Gasteiger partial charge in [-0.2, -0.15) is 0 Å². The number of nitrogens with zero attached hydrogens (tertiary/aromatic N) is 1. The molecule has 100 valence electrons. The second-order valence-corrected chi connectivity index (χ2v) is 5.11. The Kier molecular flexibility index (Phi) is 4.94. The zero-order valence-electron chi connectivity index (χ0n) is 11.4. The van der Waals surface area contributed by atoms with E-state index >= 15 is 0 Å². The van der Waals surface area contributed by atoms with Crippen molar-refractivity contribution in [2.24, 2.45) is 0 Å². The molecule has 2 aromatic rings. The van der Waals surface area contributed by atoms with Crippen LogP contribution in [-0.2, 0) is 6.42 Å². The highest BCUT2D eigenvalue weighted by atomic mass is 35.5. The molecule has 3 heteroatoms. The van der Waals surface area contributed by atoms with Gasteiger partial charge in [-0.15, -0.1) is 0 Å².